The number of carboxylic acids is 1. The van der Waals surface area contributed by atoms with E-state index in [1.165, 1.54) is 6.92 Å². The molecule has 0 aliphatic heterocycles. The van der Waals surface area contributed by atoms with Gasteiger partial charge in [0, 0.05) is 0 Å². The van der Waals surface area contributed by atoms with E-state index < -0.39 is 38.5 Å². The average molecular weight is 378 g/mol. The Morgan fingerprint density at radius 3 is 1.86 bits per heavy atom. The van der Waals surface area contributed by atoms with E-state index in [-0.39, 0.29) is 23.4 Å². The van der Waals surface area contributed by atoms with Gasteiger partial charge in [-0.25, -0.2) is 0 Å². The highest BCUT2D eigenvalue weighted by Gasteiger charge is 2.38. The van der Waals surface area contributed by atoms with Gasteiger partial charge in [-0.15, -0.1) is 0 Å². The van der Waals surface area contributed by atoms with Crippen LogP contribution < -0.4 is 14.6 Å². The second kappa shape index (κ2) is 7.02. The van der Waals surface area contributed by atoms with Gasteiger partial charge in [0.15, 0.2) is 11.3 Å². The number of halogens is 1. The minimum atomic E-state index is -2.07. The maximum Gasteiger partial charge on any atom is 0.330 e. The second-order valence-electron chi connectivity index (χ2n) is 3.71. The first-order chi connectivity index (χ1) is 10.3. The van der Waals surface area contributed by atoms with Crippen LogP contribution in [-0.4, -0.2) is 29.0 Å². The zero-order chi connectivity index (χ0) is 17.0. The molecule has 0 aliphatic rings. The Hall–Kier alpha value is -2.43. The fraction of sp³-hybridized carbons (Fsp3) is 0.364. The van der Waals surface area contributed by atoms with E-state index in [2.05, 4.69) is 15.9 Å². The molecule has 1 aromatic carbocycles. The standard InChI is InChI=1S/C11H11BrN2O8/c1-3-21-9-6(12)7(13(17)18)5(11(15)16)8(14(19)20)10(9)22-4-2/h3-4H2,1-2H3,(H,15,16)/p-1. The quantitative estimate of drug-likeness (QED) is 0.512. The van der Waals surface area contributed by atoms with Crippen molar-refractivity contribution in [2.75, 3.05) is 13.2 Å². The lowest BCUT2D eigenvalue weighted by molar-refractivity contribution is -0.397. The number of carbonyl (C=O) groups excluding carboxylic acids is 1. The summed E-state index contributed by atoms with van der Waals surface area (Å²) >= 11 is 2.85. The third-order valence-corrected chi connectivity index (χ3v) is 3.18. The molecule has 0 atom stereocenters. The molecule has 0 amide bonds. The van der Waals surface area contributed by atoms with Crippen molar-refractivity contribution in [3.05, 3.63) is 30.3 Å². The molecule has 0 bridgehead atoms. The smallest absolute Gasteiger partial charge is 0.330 e. The molecule has 1 aromatic rings. The van der Waals surface area contributed by atoms with Gasteiger partial charge in [0.1, 0.15) is 4.47 Å². The van der Waals surface area contributed by atoms with Crippen molar-refractivity contribution >= 4 is 33.3 Å². The molecule has 22 heavy (non-hydrogen) atoms. The van der Waals surface area contributed by atoms with Crippen LogP contribution in [0.4, 0.5) is 11.4 Å². The van der Waals surface area contributed by atoms with Gasteiger partial charge in [0.05, 0.1) is 29.0 Å². The fourth-order valence-corrected chi connectivity index (χ4v) is 2.38. The maximum absolute atomic E-state index is 11.2. The maximum atomic E-state index is 11.2. The summed E-state index contributed by atoms with van der Waals surface area (Å²) in [4.78, 5) is 31.4. The molecular formula is C11H10BrN2O8-. The average Bonchev–Trinajstić information content (AvgIpc) is 2.41. The monoisotopic (exact) mass is 377 g/mol. The highest BCUT2D eigenvalue weighted by atomic mass is 79.9. The SMILES string of the molecule is CCOc1c(Br)c([N+](=O)[O-])c(C(=O)[O-])c([N+](=O)[O-])c1OCC. The minimum absolute atomic E-state index is 0.0254. The van der Waals surface area contributed by atoms with E-state index in [0.29, 0.717) is 0 Å². The molecule has 0 saturated heterocycles. The zero-order valence-electron chi connectivity index (χ0n) is 11.5. The van der Waals surface area contributed by atoms with Gasteiger partial charge in [0.25, 0.3) is 0 Å². The van der Waals surface area contributed by atoms with Crippen molar-refractivity contribution < 1.29 is 29.2 Å². The Balaban J connectivity index is 4.01. The van der Waals surface area contributed by atoms with Gasteiger partial charge in [-0.2, -0.15) is 0 Å². The first-order valence-electron chi connectivity index (χ1n) is 5.92. The lowest BCUT2D eigenvalue weighted by atomic mass is 10.1. The largest absolute Gasteiger partial charge is 0.544 e. The van der Waals surface area contributed by atoms with E-state index in [1.54, 1.807) is 6.92 Å². The van der Waals surface area contributed by atoms with E-state index >= 15 is 0 Å². The number of nitro benzene ring substituents is 2. The van der Waals surface area contributed by atoms with Crippen molar-refractivity contribution in [2.45, 2.75) is 13.8 Å². The third kappa shape index (κ3) is 3.08. The predicted octanol–water partition coefficient (Wildman–Crippen LogP) is 1.43. The van der Waals surface area contributed by atoms with Crippen molar-refractivity contribution in [2.24, 2.45) is 0 Å². The van der Waals surface area contributed by atoms with Gasteiger partial charge in [-0.1, -0.05) is 0 Å². The summed E-state index contributed by atoms with van der Waals surface area (Å²) < 4.78 is 9.85. The normalized spacial score (nSPS) is 10.1. The lowest BCUT2D eigenvalue weighted by Crippen LogP contribution is -2.25. The number of hydrogen-bond acceptors (Lipinski definition) is 8. The Morgan fingerprint density at radius 1 is 1.05 bits per heavy atom. The summed E-state index contributed by atoms with van der Waals surface area (Å²) in [6.45, 7) is 3.04. The fourth-order valence-electron chi connectivity index (χ4n) is 1.74. The Bertz CT molecular complexity index is 646. The molecule has 11 heteroatoms. The molecule has 0 fully saturated rings. The lowest BCUT2D eigenvalue weighted by Gasteiger charge is -2.16. The number of carboxylic acid groups (broad SMARTS) is 1. The van der Waals surface area contributed by atoms with Crippen LogP contribution in [0, 0.1) is 20.2 Å². The molecule has 0 spiro atoms. The van der Waals surface area contributed by atoms with Crippen LogP contribution in [0.1, 0.15) is 24.2 Å². The summed E-state index contributed by atoms with van der Waals surface area (Å²) in [5.41, 5.74) is -3.30. The molecule has 0 radical (unpaired) electrons. The molecule has 10 nitrogen and oxygen atoms in total. The predicted molar refractivity (Wildman–Crippen MR) is 74.1 cm³/mol. The van der Waals surface area contributed by atoms with Crippen LogP contribution in [-0.2, 0) is 0 Å². The molecule has 0 unspecified atom stereocenters. The van der Waals surface area contributed by atoms with Crippen LogP contribution in [0.15, 0.2) is 4.47 Å². The molecular weight excluding hydrogens is 368 g/mol. The third-order valence-electron chi connectivity index (χ3n) is 2.45. The van der Waals surface area contributed by atoms with E-state index in [1.807, 2.05) is 0 Å². The Morgan fingerprint density at radius 2 is 1.50 bits per heavy atom. The van der Waals surface area contributed by atoms with Crippen LogP contribution in [0.5, 0.6) is 11.5 Å². The van der Waals surface area contributed by atoms with E-state index in [4.69, 9.17) is 9.47 Å². The van der Waals surface area contributed by atoms with Gasteiger partial charge in [0.2, 0.25) is 5.75 Å². The van der Waals surface area contributed by atoms with Gasteiger partial charge in [-0.3, -0.25) is 20.2 Å². The molecule has 0 aromatic heterocycles. The van der Waals surface area contributed by atoms with Crippen molar-refractivity contribution in [3.63, 3.8) is 0 Å². The number of benzene rings is 1. The van der Waals surface area contributed by atoms with Crippen molar-refractivity contribution in [3.8, 4) is 11.5 Å². The minimum Gasteiger partial charge on any atom is -0.544 e. The van der Waals surface area contributed by atoms with Crippen LogP contribution in [0.2, 0.25) is 0 Å². The van der Waals surface area contributed by atoms with Gasteiger partial charge in [-0.05, 0) is 29.8 Å². The number of ether oxygens (including phenoxy) is 2. The molecule has 0 N–H and O–H groups in total. The number of nitrogens with zero attached hydrogens (tertiary/aromatic N) is 2. The summed E-state index contributed by atoms with van der Waals surface area (Å²) in [5.74, 6) is -2.89. The number of nitro groups is 2. The Labute approximate surface area is 132 Å². The number of hydrogen-bond donors (Lipinski definition) is 0. The molecule has 0 saturated carbocycles. The van der Waals surface area contributed by atoms with E-state index in [0.717, 1.165) is 0 Å². The Kier molecular flexibility index (Phi) is 5.63. The van der Waals surface area contributed by atoms with Crippen LogP contribution in [0.3, 0.4) is 0 Å². The molecule has 120 valence electrons. The summed E-state index contributed by atoms with van der Waals surface area (Å²) in [6, 6.07) is 0. The van der Waals surface area contributed by atoms with Gasteiger partial charge >= 0.3 is 11.4 Å². The summed E-state index contributed by atoms with van der Waals surface area (Å²) in [7, 11) is 0. The van der Waals surface area contributed by atoms with Crippen LogP contribution >= 0.6 is 15.9 Å². The molecule has 0 heterocycles. The van der Waals surface area contributed by atoms with E-state index in [9.17, 15) is 30.1 Å². The number of rotatable bonds is 7. The van der Waals surface area contributed by atoms with Crippen LogP contribution in [0.25, 0.3) is 0 Å². The first kappa shape index (κ1) is 17.6. The summed E-state index contributed by atoms with van der Waals surface area (Å²) in [6.07, 6.45) is 0. The molecule has 0 aliphatic carbocycles. The number of aromatic carboxylic acids is 1. The highest BCUT2D eigenvalue weighted by Crippen LogP contribution is 2.50. The topological polar surface area (TPSA) is 145 Å². The zero-order valence-corrected chi connectivity index (χ0v) is 13.0. The highest BCUT2D eigenvalue weighted by molar-refractivity contribution is 9.10. The van der Waals surface area contributed by atoms with Crippen molar-refractivity contribution in [1.82, 2.24) is 0 Å². The first-order valence-corrected chi connectivity index (χ1v) is 6.72. The second-order valence-corrected chi connectivity index (χ2v) is 4.51. The number of carbonyl (C=O) groups is 1. The summed E-state index contributed by atoms with van der Waals surface area (Å²) in [5, 5.41) is 33.5. The molecule has 1 rings (SSSR count). The van der Waals surface area contributed by atoms with Gasteiger partial charge < -0.3 is 19.4 Å². The van der Waals surface area contributed by atoms with Crippen molar-refractivity contribution in [1.29, 1.82) is 0 Å².